The lowest BCUT2D eigenvalue weighted by Gasteiger charge is -2.34. The van der Waals surface area contributed by atoms with Crippen molar-refractivity contribution in [1.29, 1.82) is 5.26 Å². The summed E-state index contributed by atoms with van der Waals surface area (Å²) in [6, 6.07) is 14.0. The molecule has 1 saturated carbocycles. The zero-order valence-corrected chi connectivity index (χ0v) is 22.9. The Hall–Kier alpha value is -4.79. The van der Waals surface area contributed by atoms with Crippen molar-refractivity contribution < 1.29 is 13.6 Å². The van der Waals surface area contributed by atoms with Crippen LogP contribution < -0.4 is 21.3 Å². The van der Waals surface area contributed by atoms with Gasteiger partial charge in [0.05, 0.1) is 17.8 Å². The van der Waals surface area contributed by atoms with Crippen LogP contribution >= 0.6 is 0 Å². The number of nitriles is 1. The minimum atomic E-state index is -0.906. The van der Waals surface area contributed by atoms with Gasteiger partial charge in [-0.3, -0.25) is 9.36 Å². The number of nitrogens with two attached hydrogens (primary N) is 1. The topological polar surface area (TPSA) is 138 Å². The Morgan fingerprint density at radius 2 is 1.79 bits per heavy atom. The van der Waals surface area contributed by atoms with Gasteiger partial charge in [-0.1, -0.05) is 18.2 Å². The van der Waals surface area contributed by atoms with Crippen LogP contribution in [0.5, 0.6) is 0 Å². The number of benzene rings is 2. The van der Waals surface area contributed by atoms with Gasteiger partial charge in [-0.15, -0.1) is 0 Å². The molecule has 0 spiro atoms. The summed E-state index contributed by atoms with van der Waals surface area (Å²) >= 11 is 0. The number of aromatic nitrogens is 4. The average Bonchev–Trinajstić information content (AvgIpc) is 3.36. The predicted octanol–water partition coefficient (Wildman–Crippen LogP) is 5.02. The molecule has 3 heterocycles. The van der Waals surface area contributed by atoms with Crippen molar-refractivity contribution in [2.45, 2.75) is 50.6 Å². The van der Waals surface area contributed by atoms with Crippen molar-refractivity contribution in [2.24, 2.45) is 11.7 Å². The Morgan fingerprint density at radius 1 is 1.05 bits per heavy atom. The van der Waals surface area contributed by atoms with Gasteiger partial charge in [-0.2, -0.15) is 10.2 Å². The lowest BCUT2D eigenvalue weighted by atomic mass is 9.85. The van der Waals surface area contributed by atoms with E-state index >= 15 is 0 Å². The number of primary amides is 1. The molecule has 216 valence electrons. The number of imidazole rings is 1. The second-order valence-corrected chi connectivity index (χ2v) is 10.9. The summed E-state index contributed by atoms with van der Waals surface area (Å²) < 4.78 is 31.5. The maximum Gasteiger partial charge on any atom is 0.225 e. The number of amides is 1. The van der Waals surface area contributed by atoms with E-state index in [-0.39, 0.29) is 35.4 Å². The smallest absolute Gasteiger partial charge is 0.225 e. The quantitative estimate of drug-likeness (QED) is 0.281. The zero-order valence-electron chi connectivity index (χ0n) is 22.9. The number of fused-ring (bicyclic) bond motifs is 1. The Bertz CT molecular complexity index is 1620. The van der Waals surface area contributed by atoms with Gasteiger partial charge in [0.2, 0.25) is 17.8 Å². The number of halogens is 2. The second-order valence-electron chi connectivity index (χ2n) is 10.9. The molecule has 2 aliphatic rings. The van der Waals surface area contributed by atoms with Crippen molar-refractivity contribution in [3.8, 4) is 6.07 Å². The monoisotopic (exact) mass is 571 g/mol. The van der Waals surface area contributed by atoms with E-state index in [1.165, 1.54) is 5.69 Å². The number of hydrogen-bond acceptors (Lipinski definition) is 8. The molecule has 1 aliphatic heterocycles. The maximum atomic E-state index is 14.8. The number of para-hydroxylation sites is 1. The van der Waals surface area contributed by atoms with Gasteiger partial charge < -0.3 is 21.3 Å². The molecule has 12 heteroatoms. The first-order valence-corrected chi connectivity index (χ1v) is 14.2. The fourth-order valence-corrected chi connectivity index (χ4v) is 6.03. The number of hydrogen-bond donors (Lipinski definition) is 3. The van der Waals surface area contributed by atoms with Crippen LogP contribution in [0.1, 0.15) is 50.1 Å². The van der Waals surface area contributed by atoms with E-state index < -0.39 is 17.3 Å². The Morgan fingerprint density at radius 3 is 2.48 bits per heavy atom. The average molecular weight is 572 g/mol. The molecule has 1 unspecified atom stereocenters. The van der Waals surface area contributed by atoms with Crippen LogP contribution in [0.15, 0.2) is 48.7 Å². The number of carbonyl (C=O) groups is 1. The minimum absolute atomic E-state index is 0.121. The van der Waals surface area contributed by atoms with Crippen LogP contribution in [0.4, 0.5) is 32.1 Å². The molecule has 4 N–H and O–H groups in total. The van der Waals surface area contributed by atoms with Crippen LogP contribution in [0.2, 0.25) is 0 Å². The van der Waals surface area contributed by atoms with Crippen molar-refractivity contribution in [3.63, 3.8) is 0 Å². The third-order valence-corrected chi connectivity index (χ3v) is 8.18. The van der Waals surface area contributed by atoms with Gasteiger partial charge in [0, 0.05) is 36.8 Å². The van der Waals surface area contributed by atoms with Crippen molar-refractivity contribution in [3.05, 3.63) is 65.9 Å². The van der Waals surface area contributed by atoms with Gasteiger partial charge >= 0.3 is 0 Å². The Kier molecular flexibility index (Phi) is 7.56. The summed E-state index contributed by atoms with van der Waals surface area (Å²) in [6.45, 7) is 1.77. The van der Waals surface area contributed by atoms with E-state index in [9.17, 15) is 13.6 Å². The second kappa shape index (κ2) is 11.6. The first kappa shape index (κ1) is 27.4. The van der Waals surface area contributed by atoms with Crippen LogP contribution in [-0.4, -0.2) is 44.6 Å². The van der Waals surface area contributed by atoms with Crippen LogP contribution in [-0.2, 0) is 4.79 Å². The third kappa shape index (κ3) is 5.54. The highest BCUT2D eigenvalue weighted by Gasteiger charge is 2.30. The summed E-state index contributed by atoms with van der Waals surface area (Å²) in [5, 5.41) is 15.4. The van der Waals surface area contributed by atoms with Crippen molar-refractivity contribution >= 4 is 40.3 Å². The Labute approximate surface area is 241 Å². The van der Waals surface area contributed by atoms with Crippen LogP contribution in [0.25, 0.3) is 11.2 Å². The van der Waals surface area contributed by atoms with Gasteiger partial charge in [-0.05, 0) is 62.8 Å². The van der Waals surface area contributed by atoms with Gasteiger partial charge in [0.15, 0.2) is 17.3 Å². The van der Waals surface area contributed by atoms with Crippen molar-refractivity contribution in [1.82, 2.24) is 19.5 Å². The molecular weight excluding hydrogens is 540 g/mol. The van der Waals surface area contributed by atoms with Crippen LogP contribution in [0, 0.1) is 28.9 Å². The number of piperidine rings is 1. The number of rotatable bonds is 7. The molecule has 0 radical (unpaired) electrons. The molecular formula is C30H31F2N9O. The zero-order chi connectivity index (χ0) is 29.2. The fraction of sp³-hybridized carbons (Fsp3) is 0.367. The summed E-state index contributed by atoms with van der Waals surface area (Å²) in [7, 11) is 0. The summed E-state index contributed by atoms with van der Waals surface area (Å²) in [5.74, 6) is -1.71. The van der Waals surface area contributed by atoms with E-state index in [0.717, 1.165) is 38.1 Å². The molecule has 6 rings (SSSR count). The van der Waals surface area contributed by atoms with Gasteiger partial charge in [0.1, 0.15) is 11.2 Å². The molecule has 0 bridgehead atoms. The lowest BCUT2D eigenvalue weighted by molar-refractivity contribution is -0.122. The molecule has 1 atom stereocenters. The first-order chi connectivity index (χ1) is 20.4. The number of anilines is 4. The van der Waals surface area contributed by atoms with Gasteiger partial charge in [-0.25, -0.2) is 18.7 Å². The third-order valence-electron chi connectivity index (χ3n) is 8.18. The summed E-state index contributed by atoms with van der Waals surface area (Å²) in [4.78, 5) is 28.1. The Balaban J connectivity index is 1.32. The van der Waals surface area contributed by atoms with Gasteiger partial charge in [0.25, 0.3) is 0 Å². The highest BCUT2D eigenvalue weighted by molar-refractivity contribution is 5.78. The molecule has 2 aromatic heterocycles. The molecule has 2 fully saturated rings. The van der Waals surface area contributed by atoms with E-state index in [4.69, 9.17) is 16.0 Å². The highest BCUT2D eigenvalue weighted by Crippen LogP contribution is 2.37. The fourth-order valence-electron chi connectivity index (χ4n) is 6.03. The number of nitrogens with one attached hydrogen (secondary N) is 2. The van der Waals surface area contributed by atoms with Crippen LogP contribution in [0.3, 0.4) is 0 Å². The SMILES string of the molecule is N#Cc1cc(F)c(Nc2nc3cnc(NC4CCCN(c5ccccc5)C4)nc3n2C2CCC(C(N)=O)CC2)c(F)c1. The minimum Gasteiger partial charge on any atom is -0.369 e. The molecule has 1 aliphatic carbocycles. The van der Waals surface area contributed by atoms with E-state index in [1.54, 1.807) is 12.3 Å². The van der Waals surface area contributed by atoms with E-state index in [1.807, 2.05) is 22.8 Å². The molecule has 42 heavy (non-hydrogen) atoms. The predicted molar refractivity (Wildman–Crippen MR) is 155 cm³/mol. The highest BCUT2D eigenvalue weighted by atomic mass is 19.1. The van der Waals surface area contributed by atoms with E-state index in [2.05, 4.69) is 37.6 Å². The molecule has 10 nitrogen and oxygen atoms in total. The first-order valence-electron chi connectivity index (χ1n) is 14.2. The molecule has 2 aromatic carbocycles. The molecule has 1 amide bonds. The largest absolute Gasteiger partial charge is 0.369 e. The van der Waals surface area contributed by atoms with E-state index in [0.29, 0.717) is 42.8 Å². The standard InChI is InChI=1S/C30H31F2N9O/c31-23-13-18(15-33)14-24(32)26(23)38-30-37-25-16-35-29(36-20-5-4-12-40(17-20)21-6-2-1-3-7-21)39-28(25)41(30)22-10-8-19(9-11-22)27(34)42/h1-3,6-7,13-14,16,19-20,22H,4-5,8-12,17H2,(H2,34,42)(H,37,38)(H,35,36,39). The molecule has 1 saturated heterocycles. The summed E-state index contributed by atoms with van der Waals surface area (Å²) in [6.07, 6.45) is 6.00. The normalized spacial score (nSPS) is 20.7. The number of nitrogens with zero attached hydrogens (tertiary/aromatic N) is 6. The summed E-state index contributed by atoms with van der Waals surface area (Å²) in [5.41, 5.74) is 7.17. The molecule has 4 aromatic rings. The maximum absolute atomic E-state index is 14.8. The lowest BCUT2D eigenvalue weighted by Crippen LogP contribution is -2.42. The number of carbonyl (C=O) groups excluding carboxylic acids is 1. The van der Waals surface area contributed by atoms with Crippen molar-refractivity contribution in [2.75, 3.05) is 28.6 Å².